The van der Waals surface area contributed by atoms with Crippen molar-refractivity contribution in [1.29, 1.82) is 0 Å². The van der Waals surface area contributed by atoms with Crippen molar-refractivity contribution < 1.29 is 27.5 Å². The van der Waals surface area contributed by atoms with Crippen LogP contribution in [0.25, 0.3) is 0 Å². The molecule has 0 bridgehead atoms. The summed E-state index contributed by atoms with van der Waals surface area (Å²) in [5, 5.41) is 0. The predicted molar refractivity (Wildman–Crippen MR) is 190 cm³/mol. The second kappa shape index (κ2) is 13.8. The minimum Gasteiger partial charge on any atom is -0.444 e. The molecule has 0 N–H and O–H groups in total. The summed E-state index contributed by atoms with van der Waals surface area (Å²) in [6, 6.07) is 10.8. The van der Waals surface area contributed by atoms with Crippen LogP contribution in [0, 0.1) is 17.8 Å². The third kappa shape index (κ3) is 8.01. The van der Waals surface area contributed by atoms with Crippen LogP contribution in [0.15, 0.2) is 36.4 Å². The first-order chi connectivity index (χ1) is 23.4. The Kier molecular flexibility index (Phi) is 10.1. The molecule has 6 rings (SSSR count). The van der Waals surface area contributed by atoms with Crippen molar-refractivity contribution >= 4 is 17.7 Å². The molecule has 0 radical (unpaired) electrons. The van der Waals surface area contributed by atoms with Gasteiger partial charge >= 0.3 is 12.3 Å². The molecule has 10 heteroatoms. The average Bonchev–Trinajstić information content (AvgIpc) is 3.31. The number of piperazine rings is 1. The Balaban J connectivity index is 1.13. The third-order valence-corrected chi connectivity index (χ3v) is 11.4. The molecule has 274 valence electrons. The van der Waals surface area contributed by atoms with Gasteiger partial charge in [0.25, 0.3) is 5.91 Å². The number of carbonyl (C=O) groups is 2. The molecule has 2 aromatic rings. The topological polar surface area (TPSA) is 56.3 Å². The quantitative estimate of drug-likeness (QED) is 0.291. The highest BCUT2D eigenvalue weighted by Gasteiger charge is 2.42. The number of nitrogens with zero attached hydrogens (tertiary/aromatic N) is 4. The highest BCUT2D eigenvalue weighted by Crippen LogP contribution is 2.46. The normalized spacial score (nSPS) is 24.8. The lowest BCUT2D eigenvalue weighted by atomic mass is 9.67. The van der Waals surface area contributed by atoms with Gasteiger partial charge in [-0.15, -0.1) is 0 Å². The lowest BCUT2D eigenvalue weighted by Gasteiger charge is -2.49. The smallest absolute Gasteiger partial charge is 0.416 e. The van der Waals surface area contributed by atoms with Gasteiger partial charge in [-0.05, 0) is 131 Å². The van der Waals surface area contributed by atoms with Crippen LogP contribution >= 0.6 is 0 Å². The molecule has 0 spiro atoms. The number of hydrogen-bond donors (Lipinski definition) is 0. The number of carbonyl (C=O) groups excluding carboxylic acids is 2. The fourth-order valence-electron chi connectivity index (χ4n) is 8.47. The van der Waals surface area contributed by atoms with Gasteiger partial charge in [0.05, 0.1) is 12.1 Å². The van der Waals surface area contributed by atoms with E-state index >= 15 is 0 Å². The summed E-state index contributed by atoms with van der Waals surface area (Å²) < 4.78 is 49.3. The molecule has 2 aromatic carbocycles. The van der Waals surface area contributed by atoms with Crippen LogP contribution < -0.4 is 4.90 Å². The Labute approximate surface area is 296 Å². The van der Waals surface area contributed by atoms with Gasteiger partial charge in [-0.3, -0.25) is 14.6 Å². The van der Waals surface area contributed by atoms with Crippen LogP contribution in [0.5, 0.6) is 0 Å². The molecule has 1 unspecified atom stereocenters. The van der Waals surface area contributed by atoms with Crippen molar-refractivity contribution in [3.8, 4) is 0 Å². The SMILES string of the molecule is CC(C)C1CC(c2cccc(N3Cc4c(cc(CN5CCCC(CN6CCN(C(=O)OC(C)(C)C)CC6(C)C)C5)cc4C(F)(F)F)C3=O)c2)C1. The number of hydrogen-bond acceptors (Lipinski definition) is 5. The molecule has 4 aliphatic rings. The predicted octanol–water partition coefficient (Wildman–Crippen LogP) is 8.56. The molecule has 0 aromatic heterocycles. The molecule has 2 amide bonds. The first kappa shape index (κ1) is 36.7. The molecule has 1 atom stereocenters. The lowest BCUT2D eigenvalue weighted by molar-refractivity contribution is -0.138. The first-order valence-corrected chi connectivity index (χ1v) is 18.5. The minimum atomic E-state index is -4.56. The fourth-order valence-corrected chi connectivity index (χ4v) is 8.47. The van der Waals surface area contributed by atoms with Crippen LogP contribution in [0.1, 0.15) is 113 Å². The second-order valence-electron chi connectivity index (χ2n) is 17.2. The molecule has 3 heterocycles. The summed E-state index contributed by atoms with van der Waals surface area (Å²) in [7, 11) is 0. The van der Waals surface area contributed by atoms with Gasteiger partial charge in [-0.25, -0.2) is 4.79 Å². The van der Waals surface area contributed by atoms with E-state index in [1.165, 1.54) is 11.0 Å². The number of amides is 2. The molecule has 3 fully saturated rings. The van der Waals surface area contributed by atoms with Gasteiger partial charge in [0.15, 0.2) is 0 Å². The molecule has 1 saturated carbocycles. The number of benzene rings is 2. The Bertz CT molecular complexity index is 1580. The molecule has 2 saturated heterocycles. The number of ether oxygens (including phenoxy) is 1. The van der Waals surface area contributed by atoms with Crippen molar-refractivity contribution in [3.05, 3.63) is 64.2 Å². The van der Waals surface area contributed by atoms with Gasteiger partial charge in [0, 0.05) is 56.1 Å². The van der Waals surface area contributed by atoms with Crippen molar-refractivity contribution in [1.82, 2.24) is 14.7 Å². The summed E-state index contributed by atoms with van der Waals surface area (Å²) in [5.41, 5.74) is 1.11. The fraction of sp³-hybridized carbons (Fsp3) is 0.650. The third-order valence-electron chi connectivity index (χ3n) is 11.4. The van der Waals surface area contributed by atoms with Crippen LogP contribution in [0.2, 0.25) is 0 Å². The number of anilines is 1. The van der Waals surface area contributed by atoms with E-state index in [0.29, 0.717) is 54.6 Å². The lowest BCUT2D eigenvalue weighted by Crippen LogP contribution is -2.62. The molecular formula is C40H55F3N4O3. The number of piperidine rings is 1. The van der Waals surface area contributed by atoms with Gasteiger partial charge < -0.3 is 14.5 Å². The molecule has 3 aliphatic heterocycles. The Morgan fingerprint density at radius 3 is 2.44 bits per heavy atom. The minimum absolute atomic E-state index is 0.0736. The maximum absolute atomic E-state index is 14.6. The maximum atomic E-state index is 14.6. The van der Waals surface area contributed by atoms with E-state index in [1.54, 1.807) is 11.0 Å². The van der Waals surface area contributed by atoms with E-state index in [1.807, 2.05) is 39.0 Å². The summed E-state index contributed by atoms with van der Waals surface area (Å²) in [6.45, 7) is 19.0. The van der Waals surface area contributed by atoms with Crippen LogP contribution in [-0.2, 0) is 24.0 Å². The summed E-state index contributed by atoms with van der Waals surface area (Å²) in [6.07, 6.45) is -0.629. The van der Waals surface area contributed by atoms with Crippen molar-refractivity contribution in [2.24, 2.45) is 17.8 Å². The van der Waals surface area contributed by atoms with Crippen molar-refractivity contribution in [3.63, 3.8) is 0 Å². The zero-order valence-corrected chi connectivity index (χ0v) is 30.9. The second-order valence-corrected chi connectivity index (χ2v) is 17.2. The number of alkyl halides is 3. The Morgan fingerprint density at radius 1 is 1.04 bits per heavy atom. The Hall–Kier alpha value is -3.11. The number of likely N-dealkylation sites (tertiary alicyclic amines) is 1. The number of rotatable bonds is 7. The number of fused-ring (bicyclic) bond motifs is 1. The first-order valence-electron chi connectivity index (χ1n) is 18.5. The average molecular weight is 697 g/mol. The zero-order valence-electron chi connectivity index (χ0n) is 30.9. The van der Waals surface area contributed by atoms with Gasteiger partial charge in [0.2, 0.25) is 0 Å². The van der Waals surface area contributed by atoms with Crippen molar-refractivity contribution in [2.45, 2.75) is 110 Å². The van der Waals surface area contributed by atoms with E-state index in [2.05, 4.69) is 43.6 Å². The maximum Gasteiger partial charge on any atom is 0.416 e. The monoisotopic (exact) mass is 696 g/mol. The molecular weight excluding hydrogens is 641 g/mol. The van der Waals surface area contributed by atoms with Crippen molar-refractivity contribution in [2.75, 3.05) is 44.2 Å². The van der Waals surface area contributed by atoms with Crippen LogP contribution in [-0.4, -0.2) is 77.1 Å². The highest BCUT2D eigenvalue weighted by atomic mass is 19.4. The molecule has 7 nitrogen and oxygen atoms in total. The molecule has 1 aliphatic carbocycles. The van der Waals surface area contributed by atoms with Crippen LogP contribution in [0.3, 0.4) is 0 Å². The highest BCUT2D eigenvalue weighted by molar-refractivity contribution is 6.10. The Morgan fingerprint density at radius 2 is 1.78 bits per heavy atom. The summed E-state index contributed by atoms with van der Waals surface area (Å²) in [5.74, 6) is 1.75. The van der Waals surface area contributed by atoms with E-state index in [-0.39, 0.29) is 35.2 Å². The van der Waals surface area contributed by atoms with E-state index < -0.39 is 17.3 Å². The largest absolute Gasteiger partial charge is 0.444 e. The summed E-state index contributed by atoms with van der Waals surface area (Å²) in [4.78, 5) is 34.5. The van der Waals surface area contributed by atoms with Gasteiger partial charge in [-0.2, -0.15) is 13.2 Å². The molecule has 50 heavy (non-hydrogen) atoms. The summed E-state index contributed by atoms with van der Waals surface area (Å²) >= 11 is 0. The van der Waals surface area contributed by atoms with Crippen LogP contribution in [0.4, 0.5) is 23.7 Å². The number of halogens is 3. The van der Waals surface area contributed by atoms with E-state index in [0.717, 1.165) is 57.4 Å². The van der Waals surface area contributed by atoms with Gasteiger partial charge in [-0.1, -0.05) is 26.0 Å². The van der Waals surface area contributed by atoms with Gasteiger partial charge in [0.1, 0.15) is 5.60 Å². The van der Waals surface area contributed by atoms with E-state index in [4.69, 9.17) is 4.74 Å². The zero-order chi connectivity index (χ0) is 36.2. The van der Waals surface area contributed by atoms with E-state index in [9.17, 15) is 22.8 Å². The standard InChI is InChI=1S/C40H55F3N4O3/c1-26(2)30-18-31(19-30)29-11-8-12-32(20-29)47-24-34-33(36(47)48)16-28(17-35(34)40(41,42)43)22-44-13-9-10-27(21-44)23-46-15-14-45(25-39(46,6)7)37(49)50-38(3,4)5/h8,11-12,16-17,20,26-27,30-31H,9-10,13-15,18-19,21-25H2,1-7H3.